The molecular weight excluding hydrogens is 300 g/mol. The molecule has 0 aromatic heterocycles. The second-order valence-corrected chi connectivity index (χ2v) is 6.63. The van der Waals surface area contributed by atoms with Crippen LogP contribution in [0.4, 0.5) is 5.69 Å². The number of carbonyl (C=O) groups is 1. The summed E-state index contributed by atoms with van der Waals surface area (Å²) in [6.07, 6.45) is 1.48. The molecule has 1 aliphatic rings. The van der Waals surface area contributed by atoms with Crippen LogP contribution in [0.1, 0.15) is 33.6 Å². The lowest BCUT2D eigenvalue weighted by atomic mass is 9.98. The maximum absolute atomic E-state index is 11.8. The van der Waals surface area contributed by atoms with Gasteiger partial charge in [-0.25, -0.2) is 4.79 Å². The Morgan fingerprint density at radius 3 is 2.26 bits per heavy atom. The van der Waals surface area contributed by atoms with Gasteiger partial charge in [0.05, 0.1) is 10.3 Å². The van der Waals surface area contributed by atoms with Crippen LogP contribution in [0.25, 0.3) is 0 Å². The molecule has 0 atom stereocenters. The third kappa shape index (κ3) is 4.92. The first-order valence-corrected chi connectivity index (χ1v) is 7.64. The van der Waals surface area contributed by atoms with Crippen molar-refractivity contribution in [2.45, 2.75) is 39.7 Å². The molecule has 0 saturated carbocycles. The summed E-state index contributed by atoms with van der Waals surface area (Å²) in [5.74, 6) is 0.368. The van der Waals surface area contributed by atoms with Crippen molar-refractivity contribution < 1.29 is 19.3 Å². The van der Waals surface area contributed by atoms with E-state index in [9.17, 15) is 14.9 Å². The Morgan fingerprint density at radius 1 is 1.22 bits per heavy atom. The van der Waals surface area contributed by atoms with Gasteiger partial charge in [-0.05, 0) is 32.9 Å². The molecule has 126 valence electrons. The van der Waals surface area contributed by atoms with E-state index >= 15 is 0 Å². The lowest BCUT2D eigenvalue weighted by molar-refractivity contribution is -0.384. The summed E-state index contributed by atoms with van der Waals surface area (Å²) in [6, 6.07) is 6.05. The smallest absolute Gasteiger partial charge is 0.330 e. The maximum Gasteiger partial charge on any atom is 0.330 e. The number of rotatable bonds is 4. The van der Waals surface area contributed by atoms with Crippen molar-refractivity contribution in [3.8, 4) is 5.75 Å². The molecule has 0 bridgehead atoms. The van der Waals surface area contributed by atoms with Crippen molar-refractivity contribution in [1.29, 1.82) is 0 Å². The predicted octanol–water partition coefficient (Wildman–Crippen LogP) is 2.94. The molecule has 1 saturated heterocycles. The van der Waals surface area contributed by atoms with Gasteiger partial charge in [0.2, 0.25) is 0 Å². The SMILES string of the molecule is CC(C)(C)C(=O)ON1CCC(Oc2ccc([N+](=O)[O-])cc2)CC1. The summed E-state index contributed by atoms with van der Waals surface area (Å²) in [5, 5.41) is 12.3. The third-order valence-corrected chi connectivity index (χ3v) is 3.58. The molecule has 1 aromatic carbocycles. The van der Waals surface area contributed by atoms with Crippen molar-refractivity contribution >= 4 is 11.7 Å². The molecule has 0 radical (unpaired) electrons. The van der Waals surface area contributed by atoms with Crippen LogP contribution in [0.15, 0.2) is 24.3 Å². The molecule has 7 heteroatoms. The predicted molar refractivity (Wildman–Crippen MR) is 83.9 cm³/mol. The summed E-state index contributed by atoms with van der Waals surface area (Å²) >= 11 is 0. The van der Waals surface area contributed by atoms with Gasteiger partial charge in [-0.15, -0.1) is 5.06 Å². The van der Waals surface area contributed by atoms with E-state index in [0.29, 0.717) is 18.8 Å². The highest BCUT2D eigenvalue weighted by atomic mass is 16.7. The second kappa shape index (κ2) is 6.95. The average Bonchev–Trinajstić information content (AvgIpc) is 2.49. The molecule has 1 fully saturated rings. The Kier molecular flexibility index (Phi) is 5.20. The molecule has 0 amide bonds. The topological polar surface area (TPSA) is 81.9 Å². The number of ether oxygens (including phenoxy) is 1. The number of piperidine rings is 1. The Balaban J connectivity index is 1.80. The van der Waals surface area contributed by atoms with Gasteiger partial charge in [0.15, 0.2) is 0 Å². The van der Waals surface area contributed by atoms with E-state index < -0.39 is 10.3 Å². The number of hydroxylamine groups is 2. The quantitative estimate of drug-likeness (QED) is 0.626. The Morgan fingerprint density at radius 2 is 1.78 bits per heavy atom. The molecule has 1 aliphatic heterocycles. The molecule has 0 aliphatic carbocycles. The zero-order valence-corrected chi connectivity index (χ0v) is 13.7. The fraction of sp³-hybridized carbons (Fsp3) is 0.562. The summed E-state index contributed by atoms with van der Waals surface area (Å²) < 4.78 is 5.82. The third-order valence-electron chi connectivity index (χ3n) is 3.58. The minimum absolute atomic E-state index is 0.0149. The first-order chi connectivity index (χ1) is 10.8. The minimum Gasteiger partial charge on any atom is -0.490 e. The normalized spacial score (nSPS) is 16.8. The Bertz CT molecular complexity index is 557. The highest BCUT2D eigenvalue weighted by molar-refractivity contribution is 5.75. The number of non-ortho nitro benzene ring substituents is 1. The fourth-order valence-electron chi connectivity index (χ4n) is 2.13. The highest BCUT2D eigenvalue weighted by Gasteiger charge is 2.28. The number of benzene rings is 1. The van der Waals surface area contributed by atoms with Crippen LogP contribution in [0.2, 0.25) is 0 Å². The van der Waals surface area contributed by atoms with Gasteiger partial charge in [-0.2, -0.15) is 0 Å². The number of carbonyl (C=O) groups excluding carboxylic acids is 1. The monoisotopic (exact) mass is 322 g/mol. The number of nitrogens with zero attached hydrogens (tertiary/aromatic N) is 2. The molecule has 7 nitrogen and oxygen atoms in total. The number of nitro groups is 1. The van der Waals surface area contributed by atoms with E-state index in [4.69, 9.17) is 9.57 Å². The van der Waals surface area contributed by atoms with Gasteiger partial charge in [-0.3, -0.25) is 10.1 Å². The van der Waals surface area contributed by atoms with Gasteiger partial charge in [0.25, 0.3) is 5.69 Å². The Hall–Kier alpha value is -2.15. The van der Waals surface area contributed by atoms with E-state index in [1.807, 2.05) is 20.8 Å². The molecule has 1 aromatic rings. The molecule has 23 heavy (non-hydrogen) atoms. The fourth-order valence-corrected chi connectivity index (χ4v) is 2.13. The van der Waals surface area contributed by atoms with Crippen molar-refractivity contribution in [2.24, 2.45) is 5.41 Å². The van der Waals surface area contributed by atoms with E-state index in [1.165, 1.54) is 12.1 Å². The maximum atomic E-state index is 11.8. The molecule has 1 heterocycles. The standard InChI is InChI=1S/C16H22N2O5/c1-16(2,3)15(19)23-17-10-8-14(9-11-17)22-13-6-4-12(5-7-13)18(20)21/h4-7,14H,8-11H2,1-3H3. The number of nitro benzene ring substituents is 1. The highest BCUT2D eigenvalue weighted by Crippen LogP contribution is 2.23. The van der Waals surface area contributed by atoms with Gasteiger partial charge in [0, 0.05) is 38.1 Å². The van der Waals surface area contributed by atoms with Gasteiger partial charge in [-0.1, -0.05) is 0 Å². The summed E-state index contributed by atoms with van der Waals surface area (Å²) in [7, 11) is 0. The summed E-state index contributed by atoms with van der Waals surface area (Å²) in [4.78, 5) is 27.4. The van der Waals surface area contributed by atoms with Gasteiger partial charge >= 0.3 is 5.97 Å². The number of hydrogen-bond acceptors (Lipinski definition) is 6. The lowest BCUT2D eigenvalue weighted by Crippen LogP contribution is -2.41. The molecule has 0 unspecified atom stereocenters. The zero-order chi connectivity index (χ0) is 17.0. The van der Waals surface area contributed by atoms with E-state index in [0.717, 1.165) is 12.8 Å². The van der Waals surface area contributed by atoms with E-state index in [2.05, 4.69) is 0 Å². The molecule has 0 N–H and O–H groups in total. The Labute approximate surface area is 135 Å². The van der Waals surface area contributed by atoms with E-state index in [-0.39, 0.29) is 17.8 Å². The summed E-state index contributed by atoms with van der Waals surface area (Å²) in [5.41, 5.74) is -0.479. The second-order valence-electron chi connectivity index (χ2n) is 6.63. The van der Waals surface area contributed by atoms with Crippen molar-refractivity contribution in [2.75, 3.05) is 13.1 Å². The van der Waals surface area contributed by atoms with Crippen LogP contribution in [-0.2, 0) is 9.63 Å². The number of hydrogen-bond donors (Lipinski definition) is 0. The largest absolute Gasteiger partial charge is 0.490 e. The van der Waals surface area contributed by atoms with Crippen molar-refractivity contribution in [3.63, 3.8) is 0 Å². The minimum atomic E-state index is -0.522. The molecular formula is C16H22N2O5. The first kappa shape index (κ1) is 17.2. The van der Waals surface area contributed by atoms with Crippen LogP contribution in [-0.4, -0.2) is 35.1 Å². The van der Waals surface area contributed by atoms with Crippen LogP contribution >= 0.6 is 0 Å². The lowest BCUT2D eigenvalue weighted by Gasteiger charge is -2.32. The first-order valence-electron chi connectivity index (χ1n) is 7.64. The molecule has 0 spiro atoms. The van der Waals surface area contributed by atoms with Gasteiger partial charge < -0.3 is 9.57 Å². The summed E-state index contributed by atoms with van der Waals surface area (Å²) in [6.45, 7) is 6.68. The van der Waals surface area contributed by atoms with Crippen molar-refractivity contribution in [3.05, 3.63) is 34.4 Å². The van der Waals surface area contributed by atoms with Crippen molar-refractivity contribution in [1.82, 2.24) is 5.06 Å². The zero-order valence-electron chi connectivity index (χ0n) is 13.7. The van der Waals surface area contributed by atoms with Crippen LogP contribution in [0, 0.1) is 15.5 Å². The average molecular weight is 322 g/mol. The van der Waals surface area contributed by atoms with E-state index in [1.54, 1.807) is 17.2 Å². The van der Waals surface area contributed by atoms with Crippen LogP contribution < -0.4 is 4.74 Å². The van der Waals surface area contributed by atoms with Gasteiger partial charge in [0.1, 0.15) is 11.9 Å². The van der Waals surface area contributed by atoms with Crippen LogP contribution in [0.3, 0.4) is 0 Å². The molecule has 2 rings (SSSR count). The van der Waals surface area contributed by atoms with Crippen LogP contribution in [0.5, 0.6) is 5.75 Å².